The van der Waals surface area contributed by atoms with Gasteiger partial charge in [0.2, 0.25) is 11.8 Å². The van der Waals surface area contributed by atoms with E-state index in [4.69, 9.17) is 11.3 Å². The molecular weight excluding hydrogens is 178 g/mol. The number of nitrogens with two attached hydrogens (primary N) is 1. The Balaban J connectivity index is 3.19. The third kappa shape index (κ3) is 1.79. The molecule has 1 rings (SSSR count). The van der Waals surface area contributed by atoms with E-state index < -0.39 is 10.6 Å². The molecule has 0 aliphatic rings. The summed E-state index contributed by atoms with van der Waals surface area (Å²) in [5, 5.41) is 13.3. The van der Waals surface area contributed by atoms with Crippen molar-refractivity contribution in [2.45, 2.75) is 0 Å². The van der Waals surface area contributed by atoms with E-state index in [1.54, 1.807) is 0 Å². The van der Waals surface area contributed by atoms with Crippen molar-refractivity contribution < 1.29 is 4.92 Å². The van der Waals surface area contributed by atoms with Gasteiger partial charge in [-0.3, -0.25) is 10.1 Å². The Labute approximate surface area is 71.0 Å². The van der Waals surface area contributed by atoms with Crippen LogP contribution in [0.3, 0.4) is 0 Å². The van der Waals surface area contributed by atoms with Gasteiger partial charge in [-0.1, -0.05) is 0 Å². The number of rotatable bonds is 2. The van der Waals surface area contributed by atoms with Crippen LogP contribution < -0.4 is 5.73 Å². The van der Waals surface area contributed by atoms with Gasteiger partial charge in [0.05, 0.1) is 4.92 Å². The van der Waals surface area contributed by atoms with Crippen molar-refractivity contribution >= 4 is 17.5 Å². The van der Waals surface area contributed by atoms with E-state index >= 15 is 0 Å². The molecule has 0 saturated heterocycles. The maximum Gasteiger partial charge on any atom is 0.329 e. The van der Waals surface area contributed by atoms with Crippen LogP contribution in [0.4, 0.5) is 17.5 Å². The lowest BCUT2D eigenvalue weighted by atomic mass is 10.5. The lowest BCUT2D eigenvalue weighted by molar-refractivity contribution is -0.384. The summed E-state index contributed by atoms with van der Waals surface area (Å²) >= 11 is 0. The highest BCUT2D eigenvalue weighted by atomic mass is 16.6. The topological polar surface area (TPSA) is 144 Å². The van der Waals surface area contributed by atoms with E-state index in [2.05, 4.69) is 20.0 Å². The average Bonchev–Trinajstić information content (AvgIpc) is 2.04. The van der Waals surface area contributed by atoms with E-state index in [1.165, 1.54) is 0 Å². The number of aromatic nitrogens is 2. The summed E-state index contributed by atoms with van der Waals surface area (Å²) in [6, 6.07) is 0. The van der Waals surface area contributed by atoms with Gasteiger partial charge in [0.25, 0.3) is 0 Å². The first kappa shape index (κ1) is 8.68. The smallest absolute Gasteiger partial charge is 0.329 e. The largest absolute Gasteiger partial charge is 0.378 e. The second kappa shape index (κ2) is 3.32. The van der Waals surface area contributed by atoms with E-state index in [0.29, 0.717) is 0 Å². The van der Waals surface area contributed by atoms with Crippen molar-refractivity contribution in [3.63, 3.8) is 0 Å². The molecule has 0 aliphatic carbocycles. The molecule has 0 atom stereocenters. The van der Waals surface area contributed by atoms with Crippen LogP contribution in [0, 0.1) is 10.1 Å². The molecule has 0 spiro atoms. The Bertz CT molecular complexity index is 395. The van der Waals surface area contributed by atoms with Gasteiger partial charge >= 0.3 is 5.69 Å². The fraction of sp³-hybridized carbons (Fsp3) is 0. The molecule has 0 saturated carbocycles. The average molecular weight is 181 g/mol. The van der Waals surface area contributed by atoms with Crippen LogP contribution in [0.5, 0.6) is 0 Å². The molecular formula is C4H3N7O2. The summed E-state index contributed by atoms with van der Waals surface area (Å²) in [4.78, 5) is 18.7. The fourth-order valence-electron chi connectivity index (χ4n) is 0.608. The number of azide groups is 1. The number of nitrogens with zero attached hydrogens (tertiary/aromatic N) is 6. The van der Waals surface area contributed by atoms with E-state index in [0.717, 1.165) is 6.20 Å². The van der Waals surface area contributed by atoms with Crippen LogP contribution in [0.25, 0.3) is 10.4 Å². The number of anilines is 1. The van der Waals surface area contributed by atoms with Gasteiger partial charge in [-0.2, -0.15) is 0 Å². The Kier molecular flexibility index (Phi) is 2.22. The van der Waals surface area contributed by atoms with Gasteiger partial charge in [0.1, 0.15) is 6.20 Å². The summed E-state index contributed by atoms with van der Waals surface area (Å²) < 4.78 is 0. The van der Waals surface area contributed by atoms with Crippen molar-refractivity contribution in [3.8, 4) is 0 Å². The second-order valence-electron chi connectivity index (χ2n) is 1.89. The monoisotopic (exact) mass is 181 g/mol. The highest BCUT2D eigenvalue weighted by Crippen LogP contribution is 2.19. The summed E-state index contributed by atoms with van der Waals surface area (Å²) in [6.07, 6.45) is 0.881. The molecule has 1 heterocycles. The molecule has 0 radical (unpaired) electrons. The summed E-state index contributed by atoms with van der Waals surface area (Å²) in [7, 11) is 0. The minimum absolute atomic E-state index is 0.245. The molecule has 9 heteroatoms. The summed E-state index contributed by atoms with van der Waals surface area (Å²) in [5.41, 5.74) is 12.7. The van der Waals surface area contributed by atoms with Crippen LogP contribution in [0.15, 0.2) is 11.3 Å². The highest BCUT2D eigenvalue weighted by molar-refractivity contribution is 5.52. The number of hydrogen-bond donors (Lipinski definition) is 1. The van der Waals surface area contributed by atoms with Crippen molar-refractivity contribution in [2.24, 2.45) is 5.11 Å². The predicted octanol–water partition coefficient (Wildman–Crippen LogP) is 0.909. The standard InChI is InChI=1S/C4H3N7O2/c5-3-2(11(12)13)1-7-4(8-3)9-10-6/h1H,(H2,5,7,8). The van der Waals surface area contributed by atoms with Crippen molar-refractivity contribution in [1.82, 2.24) is 9.97 Å². The molecule has 0 bridgehead atoms. The number of hydrogen-bond acceptors (Lipinski definition) is 6. The maximum atomic E-state index is 10.2. The second-order valence-corrected chi connectivity index (χ2v) is 1.89. The quantitative estimate of drug-likeness (QED) is 0.237. The van der Waals surface area contributed by atoms with Gasteiger partial charge in [-0.25, -0.2) is 9.97 Å². The van der Waals surface area contributed by atoms with Crippen molar-refractivity contribution in [1.29, 1.82) is 0 Å². The lowest BCUT2D eigenvalue weighted by Gasteiger charge is -1.94. The van der Waals surface area contributed by atoms with Gasteiger partial charge in [0, 0.05) is 4.91 Å². The Hall–Kier alpha value is -2.41. The van der Waals surface area contributed by atoms with Gasteiger partial charge in [0.15, 0.2) is 0 Å². The molecule has 9 nitrogen and oxygen atoms in total. The van der Waals surface area contributed by atoms with E-state index in [-0.39, 0.29) is 11.8 Å². The van der Waals surface area contributed by atoms with E-state index in [9.17, 15) is 10.1 Å². The predicted molar refractivity (Wildman–Crippen MR) is 41.9 cm³/mol. The van der Waals surface area contributed by atoms with Crippen molar-refractivity contribution in [2.75, 3.05) is 5.73 Å². The lowest BCUT2D eigenvalue weighted by Crippen LogP contribution is -1.99. The molecule has 2 N–H and O–H groups in total. The fourth-order valence-corrected chi connectivity index (χ4v) is 0.608. The third-order valence-electron chi connectivity index (χ3n) is 1.12. The number of nitro groups is 1. The van der Waals surface area contributed by atoms with Crippen LogP contribution in [-0.2, 0) is 0 Å². The Morgan fingerprint density at radius 3 is 2.92 bits per heavy atom. The first-order chi connectivity index (χ1) is 6.15. The van der Waals surface area contributed by atoms with Crippen LogP contribution in [0.1, 0.15) is 0 Å². The van der Waals surface area contributed by atoms with Gasteiger partial charge in [-0.15, -0.1) is 0 Å². The zero-order valence-corrected chi connectivity index (χ0v) is 6.15. The molecule has 13 heavy (non-hydrogen) atoms. The van der Waals surface area contributed by atoms with Gasteiger partial charge < -0.3 is 5.73 Å². The first-order valence-corrected chi connectivity index (χ1v) is 2.97. The molecule has 1 aromatic heterocycles. The first-order valence-electron chi connectivity index (χ1n) is 2.97. The molecule has 0 amide bonds. The number of nitrogen functional groups attached to an aromatic ring is 1. The highest BCUT2D eigenvalue weighted by Gasteiger charge is 2.13. The minimum atomic E-state index is -0.727. The summed E-state index contributed by atoms with van der Waals surface area (Å²) in [5.74, 6) is -0.576. The Morgan fingerprint density at radius 2 is 2.46 bits per heavy atom. The normalized spacial score (nSPS) is 8.92. The summed E-state index contributed by atoms with van der Waals surface area (Å²) in [6.45, 7) is 0. The Morgan fingerprint density at radius 1 is 1.77 bits per heavy atom. The molecule has 0 aromatic carbocycles. The SMILES string of the molecule is [N-]=[N+]=Nc1ncc([N+](=O)[O-])c(N)n1. The minimum Gasteiger partial charge on any atom is -0.378 e. The molecule has 1 aromatic rings. The zero-order chi connectivity index (χ0) is 9.84. The zero-order valence-electron chi connectivity index (χ0n) is 6.15. The van der Waals surface area contributed by atoms with Crippen LogP contribution >= 0.6 is 0 Å². The van der Waals surface area contributed by atoms with Crippen LogP contribution in [-0.4, -0.2) is 14.9 Å². The van der Waals surface area contributed by atoms with E-state index in [1.807, 2.05) is 0 Å². The van der Waals surface area contributed by atoms with Crippen LogP contribution in [0.2, 0.25) is 0 Å². The van der Waals surface area contributed by atoms with Crippen molar-refractivity contribution in [3.05, 3.63) is 26.8 Å². The molecule has 0 fully saturated rings. The molecule has 0 unspecified atom stereocenters. The maximum absolute atomic E-state index is 10.2. The molecule has 66 valence electrons. The molecule has 0 aliphatic heterocycles. The third-order valence-corrected chi connectivity index (χ3v) is 1.12. The van der Waals surface area contributed by atoms with Gasteiger partial charge in [-0.05, 0) is 10.6 Å².